The lowest BCUT2D eigenvalue weighted by molar-refractivity contribution is -0.117. The van der Waals surface area contributed by atoms with Gasteiger partial charge >= 0.3 is 0 Å². The fourth-order valence-corrected chi connectivity index (χ4v) is 2.69. The molecule has 0 spiro atoms. The van der Waals surface area contributed by atoms with Gasteiger partial charge in [-0.3, -0.25) is 9.59 Å². The van der Waals surface area contributed by atoms with E-state index in [4.69, 9.17) is 0 Å². The molecule has 0 radical (unpaired) electrons. The fraction of sp³-hybridized carbons (Fsp3) is 0.643. The molecule has 0 saturated heterocycles. The summed E-state index contributed by atoms with van der Waals surface area (Å²) in [5.41, 5.74) is -0.0843. The number of nitrogens with zero attached hydrogens (tertiary/aromatic N) is 2. The minimum absolute atomic E-state index is 0.0986. The Hall–Kier alpha value is -1.85. The van der Waals surface area contributed by atoms with Crippen LogP contribution in [0.15, 0.2) is 11.1 Å². The highest BCUT2D eigenvalue weighted by Crippen LogP contribution is 2.26. The van der Waals surface area contributed by atoms with Gasteiger partial charge in [-0.15, -0.1) is 0 Å². The number of aromatic amines is 1. The van der Waals surface area contributed by atoms with Gasteiger partial charge in [-0.2, -0.15) is 0 Å². The molecule has 1 aromatic rings. The second kappa shape index (κ2) is 6.54. The highest BCUT2D eigenvalue weighted by atomic mass is 16.2. The van der Waals surface area contributed by atoms with Crippen molar-refractivity contribution in [3.63, 3.8) is 0 Å². The molecule has 0 aliphatic heterocycles. The number of anilines is 2. The molecular weight excluding hydrogens is 256 g/mol. The van der Waals surface area contributed by atoms with Crippen LogP contribution in [0.3, 0.4) is 0 Å². The molecule has 1 fully saturated rings. The van der Waals surface area contributed by atoms with Gasteiger partial charge in [0.05, 0.1) is 6.33 Å². The van der Waals surface area contributed by atoms with Crippen LogP contribution in [0.1, 0.15) is 38.5 Å². The van der Waals surface area contributed by atoms with Crippen molar-refractivity contribution >= 4 is 17.4 Å². The van der Waals surface area contributed by atoms with E-state index >= 15 is 0 Å². The number of hydrogen-bond acceptors (Lipinski definition) is 4. The number of hydrogen-bond donors (Lipinski definition) is 2. The Balaban J connectivity index is 2.05. The molecule has 1 heterocycles. The van der Waals surface area contributed by atoms with E-state index in [-0.39, 0.29) is 17.2 Å². The van der Waals surface area contributed by atoms with Gasteiger partial charge in [0.15, 0.2) is 11.5 Å². The third-order valence-electron chi connectivity index (χ3n) is 3.72. The van der Waals surface area contributed by atoms with Crippen LogP contribution in [0.2, 0.25) is 0 Å². The minimum atomic E-state index is -0.319. The van der Waals surface area contributed by atoms with Crippen LogP contribution in [0.25, 0.3) is 0 Å². The van der Waals surface area contributed by atoms with Crippen molar-refractivity contribution in [2.24, 2.45) is 5.92 Å². The predicted octanol–water partition coefficient (Wildman–Crippen LogP) is 1.74. The average molecular weight is 278 g/mol. The average Bonchev–Trinajstić information content (AvgIpc) is 2.42. The fourth-order valence-electron chi connectivity index (χ4n) is 2.69. The number of carbonyl (C=O) groups excluding carboxylic acids is 1. The van der Waals surface area contributed by atoms with Crippen LogP contribution in [-0.2, 0) is 4.79 Å². The second-order valence-electron chi connectivity index (χ2n) is 5.58. The molecular formula is C14H22N4O2. The SMILES string of the molecule is CN(C)c1nc[nH]c(=O)c1NC(=O)CC1CCCCC1. The van der Waals surface area contributed by atoms with E-state index < -0.39 is 0 Å². The zero-order chi connectivity index (χ0) is 14.5. The zero-order valence-corrected chi connectivity index (χ0v) is 12.1. The maximum Gasteiger partial charge on any atom is 0.276 e. The van der Waals surface area contributed by atoms with Gasteiger partial charge in [0.1, 0.15) is 0 Å². The van der Waals surface area contributed by atoms with Crippen molar-refractivity contribution in [1.29, 1.82) is 0 Å². The van der Waals surface area contributed by atoms with Crippen LogP contribution in [0.5, 0.6) is 0 Å². The molecule has 0 bridgehead atoms. The molecule has 2 rings (SSSR count). The molecule has 1 amide bonds. The summed E-state index contributed by atoms with van der Waals surface area (Å²) in [4.78, 5) is 32.2. The van der Waals surface area contributed by atoms with Gasteiger partial charge in [0, 0.05) is 20.5 Å². The van der Waals surface area contributed by atoms with Crippen LogP contribution in [0, 0.1) is 5.92 Å². The van der Waals surface area contributed by atoms with Crippen LogP contribution >= 0.6 is 0 Å². The first-order valence-corrected chi connectivity index (χ1v) is 7.13. The number of nitrogens with one attached hydrogen (secondary N) is 2. The number of aromatic nitrogens is 2. The van der Waals surface area contributed by atoms with Crippen molar-refractivity contribution in [2.75, 3.05) is 24.3 Å². The smallest absolute Gasteiger partial charge is 0.276 e. The zero-order valence-electron chi connectivity index (χ0n) is 12.1. The Labute approximate surface area is 118 Å². The Kier molecular flexibility index (Phi) is 4.76. The highest BCUT2D eigenvalue weighted by molar-refractivity contribution is 5.93. The van der Waals surface area contributed by atoms with E-state index in [1.54, 1.807) is 19.0 Å². The largest absolute Gasteiger partial charge is 0.361 e. The normalized spacial score (nSPS) is 15.9. The van der Waals surface area contributed by atoms with Crippen LogP contribution < -0.4 is 15.8 Å². The quantitative estimate of drug-likeness (QED) is 0.879. The molecule has 1 aromatic heterocycles. The van der Waals surface area contributed by atoms with Crippen molar-refractivity contribution < 1.29 is 4.79 Å². The topological polar surface area (TPSA) is 78.1 Å². The lowest BCUT2D eigenvalue weighted by Crippen LogP contribution is -2.26. The molecule has 110 valence electrons. The Morgan fingerprint density at radius 1 is 1.40 bits per heavy atom. The van der Waals surface area contributed by atoms with Gasteiger partial charge in [0.25, 0.3) is 5.56 Å². The summed E-state index contributed by atoms with van der Waals surface area (Å²) in [6.07, 6.45) is 7.72. The molecule has 0 aromatic carbocycles. The maximum atomic E-state index is 12.1. The van der Waals surface area contributed by atoms with Crippen molar-refractivity contribution in [3.8, 4) is 0 Å². The van der Waals surface area contributed by atoms with E-state index in [1.807, 2.05) is 0 Å². The molecule has 2 N–H and O–H groups in total. The monoisotopic (exact) mass is 278 g/mol. The summed E-state index contributed by atoms with van der Waals surface area (Å²) in [7, 11) is 3.58. The van der Waals surface area contributed by atoms with Crippen LogP contribution in [-0.4, -0.2) is 30.0 Å². The summed E-state index contributed by atoms with van der Waals surface area (Å²) in [6.45, 7) is 0. The standard InChI is InChI=1S/C14H22N4O2/c1-18(2)13-12(14(20)16-9-15-13)17-11(19)8-10-6-4-3-5-7-10/h9-10H,3-8H2,1-2H3,(H,17,19)(H,15,16,20). The molecule has 6 nitrogen and oxygen atoms in total. The van der Waals surface area contributed by atoms with E-state index in [0.29, 0.717) is 18.2 Å². The van der Waals surface area contributed by atoms with Crippen LogP contribution in [0.4, 0.5) is 11.5 Å². The van der Waals surface area contributed by atoms with Crippen molar-refractivity contribution in [2.45, 2.75) is 38.5 Å². The maximum absolute atomic E-state index is 12.1. The van der Waals surface area contributed by atoms with E-state index in [1.165, 1.54) is 25.6 Å². The third-order valence-corrected chi connectivity index (χ3v) is 3.72. The lowest BCUT2D eigenvalue weighted by atomic mass is 9.87. The van der Waals surface area contributed by atoms with Gasteiger partial charge in [0.2, 0.25) is 5.91 Å². The Bertz CT molecular complexity index is 518. The van der Waals surface area contributed by atoms with Gasteiger partial charge < -0.3 is 15.2 Å². The number of amides is 1. The molecule has 0 unspecified atom stereocenters. The summed E-state index contributed by atoms with van der Waals surface area (Å²) >= 11 is 0. The summed E-state index contributed by atoms with van der Waals surface area (Å²) in [5, 5.41) is 2.72. The molecule has 1 aliphatic carbocycles. The van der Waals surface area contributed by atoms with E-state index in [2.05, 4.69) is 15.3 Å². The summed E-state index contributed by atoms with van der Waals surface area (Å²) < 4.78 is 0. The summed E-state index contributed by atoms with van der Waals surface area (Å²) in [6, 6.07) is 0. The number of H-pyrrole nitrogens is 1. The third kappa shape index (κ3) is 3.59. The first-order valence-electron chi connectivity index (χ1n) is 7.13. The first kappa shape index (κ1) is 14.6. The Morgan fingerprint density at radius 2 is 2.10 bits per heavy atom. The minimum Gasteiger partial charge on any atom is -0.361 e. The first-order chi connectivity index (χ1) is 9.58. The predicted molar refractivity (Wildman–Crippen MR) is 79.0 cm³/mol. The highest BCUT2D eigenvalue weighted by Gasteiger charge is 2.19. The molecule has 6 heteroatoms. The van der Waals surface area contributed by atoms with E-state index in [0.717, 1.165) is 12.8 Å². The van der Waals surface area contributed by atoms with E-state index in [9.17, 15) is 9.59 Å². The van der Waals surface area contributed by atoms with Crippen molar-refractivity contribution in [1.82, 2.24) is 9.97 Å². The molecule has 1 saturated carbocycles. The molecule has 20 heavy (non-hydrogen) atoms. The van der Waals surface area contributed by atoms with Gasteiger partial charge in [-0.1, -0.05) is 19.3 Å². The molecule has 0 atom stereocenters. The summed E-state index contributed by atoms with van der Waals surface area (Å²) in [5.74, 6) is 0.826. The molecule has 1 aliphatic rings. The lowest BCUT2D eigenvalue weighted by Gasteiger charge is -2.21. The number of carbonyl (C=O) groups is 1. The number of rotatable bonds is 4. The van der Waals surface area contributed by atoms with Crippen molar-refractivity contribution in [3.05, 3.63) is 16.7 Å². The second-order valence-corrected chi connectivity index (χ2v) is 5.58. The van der Waals surface area contributed by atoms with Gasteiger partial charge in [-0.25, -0.2) is 4.98 Å². The van der Waals surface area contributed by atoms with Gasteiger partial charge in [-0.05, 0) is 18.8 Å². The Morgan fingerprint density at radius 3 is 2.75 bits per heavy atom.